The summed E-state index contributed by atoms with van der Waals surface area (Å²) in [5, 5.41) is 12.0. The van der Waals surface area contributed by atoms with Crippen molar-refractivity contribution < 1.29 is 19.2 Å². The third kappa shape index (κ3) is 4.00. The van der Waals surface area contributed by atoms with E-state index in [4.69, 9.17) is 4.74 Å². The number of nitro groups is 1. The first-order valence-electron chi connectivity index (χ1n) is 9.51. The number of anilines is 1. The van der Waals surface area contributed by atoms with Gasteiger partial charge in [0.25, 0.3) is 11.6 Å². The molecular formula is C21H19N5O5. The zero-order chi connectivity index (χ0) is 22.1. The Labute approximate surface area is 177 Å². The van der Waals surface area contributed by atoms with Crippen LogP contribution in [0, 0.1) is 17.0 Å². The molecule has 0 atom stereocenters. The summed E-state index contributed by atoms with van der Waals surface area (Å²) in [6, 6.07) is 11.6. The van der Waals surface area contributed by atoms with Gasteiger partial charge in [0, 0.05) is 30.3 Å². The topological polar surface area (TPSA) is 119 Å². The lowest BCUT2D eigenvalue weighted by atomic mass is 10.2. The van der Waals surface area contributed by atoms with Crippen LogP contribution in [0.3, 0.4) is 0 Å². The Hall–Kier alpha value is -4.08. The summed E-state index contributed by atoms with van der Waals surface area (Å²) in [5.41, 5.74) is 1.61. The van der Waals surface area contributed by atoms with Crippen LogP contribution in [0.5, 0.6) is 5.75 Å². The van der Waals surface area contributed by atoms with Crippen molar-refractivity contribution >= 4 is 34.1 Å². The first-order chi connectivity index (χ1) is 14.8. The Bertz CT molecular complexity index is 1210. The molecular weight excluding hydrogens is 402 g/mol. The molecule has 10 nitrogen and oxygen atoms in total. The third-order valence-electron chi connectivity index (χ3n) is 5.03. The van der Waals surface area contributed by atoms with E-state index < -0.39 is 10.8 Å². The van der Waals surface area contributed by atoms with Gasteiger partial charge >= 0.3 is 0 Å². The number of aromatic nitrogens is 2. The number of likely N-dealkylation sites (N-methyl/N-ethyl adjacent to an activating group) is 1. The highest BCUT2D eigenvalue weighted by Crippen LogP contribution is 2.35. The average Bonchev–Trinajstić information content (AvgIpc) is 2.75. The van der Waals surface area contributed by atoms with Gasteiger partial charge < -0.3 is 9.64 Å². The van der Waals surface area contributed by atoms with Crippen LogP contribution in [0.2, 0.25) is 0 Å². The predicted octanol–water partition coefficient (Wildman–Crippen LogP) is 2.23. The molecule has 0 saturated heterocycles. The number of non-ortho nitro benzene ring substituents is 1. The van der Waals surface area contributed by atoms with Crippen LogP contribution in [0.4, 0.5) is 11.4 Å². The molecule has 2 heterocycles. The van der Waals surface area contributed by atoms with Gasteiger partial charge in [-0.3, -0.25) is 24.6 Å². The van der Waals surface area contributed by atoms with E-state index in [1.807, 2.05) is 31.2 Å². The molecule has 31 heavy (non-hydrogen) atoms. The number of amides is 2. The Morgan fingerprint density at radius 1 is 1.26 bits per heavy atom. The van der Waals surface area contributed by atoms with Crippen molar-refractivity contribution in [3.05, 3.63) is 64.1 Å². The van der Waals surface area contributed by atoms with Crippen LogP contribution in [-0.4, -0.2) is 51.8 Å². The SMILES string of the molecule is Cc1nc(CN(C)C(=O)CN2C(=O)COc3ccc([N+](=O)[O-])cc32)nc2ccccc12. The van der Waals surface area contributed by atoms with Crippen LogP contribution in [0.25, 0.3) is 10.9 Å². The van der Waals surface area contributed by atoms with E-state index in [2.05, 4.69) is 9.97 Å². The Morgan fingerprint density at radius 2 is 2.03 bits per heavy atom. The lowest BCUT2D eigenvalue weighted by molar-refractivity contribution is -0.384. The Balaban J connectivity index is 1.54. The summed E-state index contributed by atoms with van der Waals surface area (Å²) in [5.74, 6) is -0.0137. The number of nitro benzene ring substituents is 1. The van der Waals surface area contributed by atoms with Gasteiger partial charge in [0.15, 0.2) is 6.61 Å². The fourth-order valence-corrected chi connectivity index (χ4v) is 3.40. The minimum absolute atomic E-state index is 0.158. The van der Waals surface area contributed by atoms with Gasteiger partial charge in [-0.25, -0.2) is 9.97 Å². The molecule has 158 valence electrons. The van der Waals surface area contributed by atoms with Crippen molar-refractivity contribution in [3.63, 3.8) is 0 Å². The second kappa shape index (κ2) is 7.98. The molecule has 0 aliphatic carbocycles. The number of hydrogen-bond acceptors (Lipinski definition) is 7. The standard InChI is InChI=1S/C21H19N5O5/c1-13-15-5-3-4-6-16(15)23-19(22-13)10-24(2)20(27)11-25-17-9-14(26(29)30)7-8-18(17)31-12-21(25)28/h3-9H,10-12H2,1-2H3. The molecule has 1 aromatic heterocycles. The summed E-state index contributed by atoms with van der Waals surface area (Å²) in [7, 11) is 1.59. The van der Waals surface area contributed by atoms with Crippen molar-refractivity contribution in [2.45, 2.75) is 13.5 Å². The van der Waals surface area contributed by atoms with Gasteiger partial charge in [-0.1, -0.05) is 18.2 Å². The van der Waals surface area contributed by atoms with Crippen LogP contribution in [0.15, 0.2) is 42.5 Å². The zero-order valence-electron chi connectivity index (χ0n) is 16.9. The Morgan fingerprint density at radius 3 is 2.81 bits per heavy atom. The van der Waals surface area contributed by atoms with E-state index in [1.165, 1.54) is 28.0 Å². The second-order valence-electron chi connectivity index (χ2n) is 7.17. The largest absolute Gasteiger partial charge is 0.482 e. The molecule has 2 aromatic carbocycles. The first kappa shape index (κ1) is 20.2. The number of carbonyl (C=O) groups is 2. The van der Waals surface area contributed by atoms with Crippen molar-refractivity contribution in [1.82, 2.24) is 14.9 Å². The number of nitrogens with zero attached hydrogens (tertiary/aromatic N) is 5. The molecule has 10 heteroatoms. The van der Waals surface area contributed by atoms with Crippen LogP contribution < -0.4 is 9.64 Å². The molecule has 3 aromatic rings. The highest BCUT2D eigenvalue weighted by atomic mass is 16.6. The minimum Gasteiger partial charge on any atom is -0.482 e. The van der Waals surface area contributed by atoms with E-state index in [0.29, 0.717) is 11.6 Å². The molecule has 0 spiro atoms. The lowest BCUT2D eigenvalue weighted by Gasteiger charge is -2.30. The van der Waals surface area contributed by atoms with E-state index in [1.54, 1.807) is 7.05 Å². The molecule has 0 fully saturated rings. The molecule has 1 aliphatic heterocycles. The van der Waals surface area contributed by atoms with Gasteiger partial charge in [0.2, 0.25) is 5.91 Å². The second-order valence-corrected chi connectivity index (χ2v) is 7.17. The highest BCUT2D eigenvalue weighted by Gasteiger charge is 2.30. The summed E-state index contributed by atoms with van der Waals surface area (Å²) in [6.07, 6.45) is 0. The molecule has 2 amide bonds. The maximum absolute atomic E-state index is 12.8. The Kier molecular flexibility index (Phi) is 5.20. The predicted molar refractivity (Wildman–Crippen MR) is 112 cm³/mol. The van der Waals surface area contributed by atoms with E-state index >= 15 is 0 Å². The molecule has 4 rings (SSSR count). The van der Waals surface area contributed by atoms with Crippen molar-refractivity contribution in [1.29, 1.82) is 0 Å². The van der Waals surface area contributed by atoms with Gasteiger partial charge in [0.05, 0.1) is 22.7 Å². The normalized spacial score (nSPS) is 13.0. The maximum atomic E-state index is 12.8. The molecule has 0 bridgehead atoms. The number of rotatable bonds is 5. The van der Waals surface area contributed by atoms with Crippen molar-refractivity contribution in [2.24, 2.45) is 0 Å². The average molecular weight is 421 g/mol. The van der Waals surface area contributed by atoms with Crippen molar-refractivity contribution in [2.75, 3.05) is 25.1 Å². The van der Waals surface area contributed by atoms with Gasteiger partial charge in [-0.2, -0.15) is 0 Å². The molecule has 0 unspecified atom stereocenters. The summed E-state index contributed by atoms with van der Waals surface area (Å²) in [6.45, 7) is 1.52. The summed E-state index contributed by atoms with van der Waals surface area (Å²) in [4.78, 5) is 47.4. The van der Waals surface area contributed by atoms with E-state index in [0.717, 1.165) is 16.6 Å². The van der Waals surface area contributed by atoms with Crippen LogP contribution in [-0.2, 0) is 16.1 Å². The smallest absolute Gasteiger partial charge is 0.271 e. The monoisotopic (exact) mass is 421 g/mol. The quantitative estimate of drug-likeness (QED) is 0.458. The number of carbonyl (C=O) groups excluding carboxylic acids is 2. The number of benzene rings is 2. The number of para-hydroxylation sites is 1. The molecule has 0 radical (unpaired) electrons. The fraction of sp³-hybridized carbons (Fsp3) is 0.238. The maximum Gasteiger partial charge on any atom is 0.271 e. The molecule has 0 saturated carbocycles. The fourth-order valence-electron chi connectivity index (χ4n) is 3.40. The minimum atomic E-state index is -0.565. The summed E-state index contributed by atoms with van der Waals surface area (Å²) < 4.78 is 5.33. The van der Waals surface area contributed by atoms with Gasteiger partial charge in [-0.05, 0) is 19.1 Å². The number of aryl methyl sites for hydroxylation is 1. The van der Waals surface area contributed by atoms with Gasteiger partial charge in [0.1, 0.15) is 18.1 Å². The van der Waals surface area contributed by atoms with E-state index in [9.17, 15) is 19.7 Å². The molecule has 1 aliphatic rings. The number of fused-ring (bicyclic) bond motifs is 2. The molecule has 0 N–H and O–H groups in total. The van der Waals surface area contributed by atoms with Crippen molar-refractivity contribution in [3.8, 4) is 5.75 Å². The first-order valence-corrected chi connectivity index (χ1v) is 9.51. The zero-order valence-corrected chi connectivity index (χ0v) is 16.9. The number of hydrogen-bond donors (Lipinski definition) is 0. The third-order valence-corrected chi connectivity index (χ3v) is 5.03. The lowest BCUT2D eigenvalue weighted by Crippen LogP contribution is -2.45. The van der Waals surface area contributed by atoms with Crippen LogP contribution in [0.1, 0.15) is 11.5 Å². The highest BCUT2D eigenvalue weighted by molar-refractivity contribution is 6.02. The van der Waals surface area contributed by atoms with Crippen LogP contribution >= 0.6 is 0 Å². The van der Waals surface area contributed by atoms with Gasteiger partial charge in [-0.15, -0.1) is 0 Å². The number of ether oxygens (including phenoxy) is 1. The summed E-state index contributed by atoms with van der Waals surface area (Å²) >= 11 is 0. The van der Waals surface area contributed by atoms with E-state index in [-0.39, 0.29) is 37.0 Å².